The minimum Gasteiger partial charge on any atom is -0.495 e. The number of hydrogen-bond acceptors (Lipinski definition) is 6. The van der Waals surface area contributed by atoms with E-state index in [1.54, 1.807) is 43.6 Å². The molecule has 2 aromatic carbocycles. The first-order valence-corrected chi connectivity index (χ1v) is 8.01. The zero-order chi connectivity index (χ0) is 18.5. The first kappa shape index (κ1) is 17.8. The van der Waals surface area contributed by atoms with E-state index in [9.17, 15) is 4.39 Å². The van der Waals surface area contributed by atoms with E-state index in [1.165, 1.54) is 19.2 Å². The van der Waals surface area contributed by atoms with Crippen molar-refractivity contribution in [2.24, 2.45) is 0 Å². The van der Waals surface area contributed by atoms with Gasteiger partial charge in [0.2, 0.25) is 5.95 Å². The van der Waals surface area contributed by atoms with Crippen molar-refractivity contribution >= 4 is 34.7 Å². The molecule has 0 radical (unpaired) electrons. The Kier molecular flexibility index (Phi) is 5.38. The van der Waals surface area contributed by atoms with Gasteiger partial charge in [-0.25, -0.2) is 9.37 Å². The van der Waals surface area contributed by atoms with Crippen LogP contribution in [0.5, 0.6) is 11.5 Å². The summed E-state index contributed by atoms with van der Waals surface area (Å²) in [6, 6.07) is 11.1. The Hall–Kier alpha value is -3.06. The molecule has 0 unspecified atom stereocenters. The molecule has 134 valence electrons. The summed E-state index contributed by atoms with van der Waals surface area (Å²) in [5, 5.41) is 6.52. The minimum atomic E-state index is -0.345. The third-order valence-electron chi connectivity index (χ3n) is 3.47. The molecule has 8 heteroatoms. The lowest BCUT2D eigenvalue weighted by molar-refractivity contribution is 0.405. The average Bonchev–Trinajstić information content (AvgIpc) is 2.63. The minimum absolute atomic E-state index is 0.320. The molecule has 0 aliphatic rings. The van der Waals surface area contributed by atoms with Crippen LogP contribution in [0.2, 0.25) is 5.02 Å². The first-order valence-electron chi connectivity index (χ1n) is 7.63. The van der Waals surface area contributed by atoms with Crippen LogP contribution in [0.3, 0.4) is 0 Å². The molecule has 1 aromatic heterocycles. The molecule has 3 aromatic rings. The van der Waals surface area contributed by atoms with Crippen LogP contribution in [0, 0.1) is 5.82 Å². The predicted octanol–water partition coefficient (Wildman–Crippen LogP) is 4.77. The van der Waals surface area contributed by atoms with Gasteiger partial charge in [-0.3, -0.25) is 0 Å². The zero-order valence-corrected chi connectivity index (χ0v) is 14.8. The summed E-state index contributed by atoms with van der Waals surface area (Å²) < 4.78 is 23.9. The Morgan fingerprint density at radius 1 is 1.00 bits per heavy atom. The zero-order valence-electron chi connectivity index (χ0n) is 14.1. The third-order valence-corrected chi connectivity index (χ3v) is 3.77. The van der Waals surface area contributed by atoms with Crippen molar-refractivity contribution in [1.29, 1.82) is 0 Å². The number of hydrogen-bond donors (Lipinski definition) is 2. The summed E-state index contributed by atoms with van der Waals surface area (Å²) in [6.07, 6.45) is 1.58. The Labute approximate surface area is 155 Å². The fraction of sp³-hybridized carbons (Fsp3) is 0.111. The second-order valence-corrected chi connectivity index (χ2v) is 5.62. The Balaban J connectivity index is 1.85. The van der Waals surface area contributed by atoms with E-state index in [0.717, 1.165) is 0 Å². The molecular formula is C18H16ClFN4O2. The highest BCUT2D eigenvalue weighted by atomic mass is 35.5. The van der Waals surface area contributed by atoms with Gasteiger partial charge >= 0.3 is 0 Å². The number of nitrogens with one attached hydrogen (secondary N) is 2. The lowest BCUT2D eigenvalue weighted by Crippen LogP contribution is -2.02. The van der Waals surface area contributed by atoms with Crippen LogP contribution in [0.4, 0.5) is 27.5 Å². The number of halogens is 2. The fourth-order valence-corrected chi connectivity index (χ4v) is 2.51. The summed E-state index contributed by atoms with van der Waals surface area (Å²) in [4.78, 5) is 8.50. The highest BCUT2D eigenvalue weighted by molar-refractivity contribution is 6.32. The molecule has 0 spiro atoms. The van der Waals surface area contributed by atoms with Gasteiger partial charge in [0.15, 0.2) is 0 Å². The molecule has 0 aliphatic carbocycles. The molecule has 2 N–H and O–H groups in total. The van der Waals surface area contributed by atoms with Crippen molar-refractivity contribution in [1.82, 2.24) is 9.97 Å². The summed E-state index contributed by atoms with van der Waals surface area (Å²) >= 11 is 6.11. The largest absolute Gasteiger partial charge is 0.495 e. The Morgan fingerprint density at radius 2 is 1.81 bits per heavy atom. The van der Waals surface area contributed by atoms with Gasteiger partial charge in [-0.15, -0.1) is 0 Å². The predicted molar refractivity (Wildman–Crippen MR) is 99.6 cm³/mol. The van der Waals surface area contributed by atoms with Gasteiger partial charge in [0.25, 0.3) is 0 Å². The molecule has 0 fully saturated rings. The maximum absolute atomic E-state index is 13.3. The van der Waals surface area contributed by atoms with Crippen molar-refractivity contribution in [3.8, 4) is 11.5 Å². The molecule has 0 bridgehead atoms. The standard InChI is InChI=1S/C18H16ClFN4O2/c1-25-15-10-14(16(26-2)9-13(15)19)23-17-6-7-21-18(24-17)22-12-5-3-4-11(20)8-12/h3-10H,1-2H3,(H2,21,22,23,24). The number of nitrogens with zero attached hydrogens (tertiary/aromatic N) is 2. The van der Waals surface area contributed by atoms with E-state index >= 15 is 0 Å². The van der Waals surface area contributed by atoms with Crippen molar-refractivity contribution in [2.45, 2.75) is 0 Å². The van der Waals surface area contributed by atoms with Crippen LogP contribution in [0.25, 0.3) is 0 Å². The molecule has 0 aliphatic heterocycles. The van der Waals surface area contributed by atoms with Gasteiger partial charge in [-0.1, -0.05) is 17.7 Å². The highest BCUT2D eigenvalue weighted by Crippen LogP contribution is 2.37. The maximum Gasteiger partial charge on any atom is 0.229 e. The lowest BCUT2D eigenvalue weighted by Gasteiger charge is -2.14. The molecule has 0 saturated heterocycles. The topological polar surface area (TPSA) is 68.3 Å². The molecule has 0 atom stereocenters. The van der Waals surface area contributed by atoms with E-state index in [2.05, 4.69) is 20.6 Å². The average molecular weight is 375 g/mol. The van der Waals surface area contributed by atoms with E-state index in [1.807, 2.05) is 0 Å². The van der Waals surface area contributed by atoms with Crippen LogP contribution in [-0.2, 0) is 0 Å². The van der Waals surface area contributed by atoms with Gasteiger partial charge in [0.1, 0.15) is 23.1 Å². The monoisotopic (exact) mass is 374 g/mol. The molecule has 26 heavy (non-hydrogen) atoms. The van der Waals surface area contributed by atoms with Crippen molar-refractivity contribution in [2.75, 3.05) is 24.9 Å². The SMILES string of the molecule is COc1cc(Nc2ccnc(Nc3cccc(F)c3)n2)c(OC)cc1Cl. The number of aromatic nitrogens is 2. The smallest absolute Gasteiger partial charge is 0.229 e. The fourth-order valence-electron chi connectivity index (χ4n) is 2.28. The molecule has 1 heterocycles. The molecule has 0 amide bonds. The Bertz CT molecular complexity index is 923. The van der Waals surface area contributed by atoms with Crippen LogP contribution >= 0.6 is 11.6 Å². The van der Waals surface area contributed by atoms with Crippen molar-refractivity contribution in [3.63, 3.8) is 0 Å². The third kappa shape index (κ3) is 4.12. The lowest BCUT2D eigenvalue weighted by atomic mass is 10.2. The van der Waals surface area contributed by atoms with E-state index in [-0.39, 0.29) is 5.82 Å². The summed E-state index contributed by atoms with van der Waals surface area (Å²) in [6.45, 7) is 0. The Morgan fingerprint density at radius 3 is 2.54 bits per heavy atom. The van der Waals surface area contributed by atoms with Crippen LogP contribution in [0.1, 0.15) is 0 Å². The number of anilines is 4. The normalized spacial score (nSPS) is 10.3. The number of methoxy groups -OCH3 is 2. The van der Waals surface area contributed by atoms with Gasteiger partial charge in [-0.05, 0) is 24.3 Å². The van der Waals surface area contributed by atoms with Gasteiger partial charge in [-0.2, -0.15) is 4.98 Å². The quantitative estimate of drug-likeness (QED) is 0.647. The number of ether oxygens (including phenoxy) is 2. The van der Waals surface area contributed by atoms with Gasteiger partial charge in [0.05, 0.1) is 24.9 Å². The second-order valence-electron chi connectivity index (χ2n) is 5.21. The summed E-state index contributed by atoms with van der Waals surface area (Å²) in [5.74, 6) is 1.53. The van der Waals surface area contributed by atoms with E-state index in [0.29, 0.717) is 39.7 Å². The second kappa shape index (κ2) is 7.88. The summed E-state index contributed by atoms with van der Waals surface area (Å²) in [7, 11) is 3.07. The van der Waals surface area contributed by atoms with Gasteiger partial charge < -0.3 is 20.1 Å². The molecular weight excluding hydrogens is 359 g/mol. The van der Waals surface area contributed by atoms with E-state index in [4.69, 9.17) is 21.1 Å². The summed E-state index contributed by atoms with van der Waals surface area (Å²) in [5.41, 5.74) is 1.18. The number of benzene rings is 2. The molecule has 0 saturated carbocycles. The van der Waals surface area contributed by atoms with Gasteiger partial charge in [0, 0.05) is 24.0 Å². The first-order chi connectivity index (χ1) is 12.6. The van der Waals surface area contributed by atoms with Crippen molar-refractivity contribution in [3.05, 3.63) is 59.5 Å². The van der Waals surface area contributed by atoms with E-state index < -0.39 is 0 Å². The highest BCUT2D eigenvalue weighted by Gasteiger charge is 2.11. The molecule has 6 nitrogen and oxygen atoms in total. The maximum atomic E-state index is 13.3. The molecule has 3 rings (SSSR count). The van der Waals surface area contributed by atoms with Crippen LogP contribution < -0.4 is 20.1 Å². The van der Waals surface area contributed by atoms with Crippen LogP contribution in [-0.4, -0.2) is 24.2 Å². The van der Waals surface area contributed by atoms with Crippen molar-refractivity contribution < 1.29 is 13.9 Å². The number of rotatable bonds is 6. The van der Waals surface area contributed by atoms with Crippen LogP contribution in [0.15, 0.2) is 48.7 Å².